The average molecular weight is 456 g/mol. The van der Waals surface area contributed by atoms with Crippen LogP contribution in [0.2, 0.25) is 0 Å². The summed E-state index contributed by atoms with van der Waals surface area (Å²) in [6.07, 6.45) is 1.48. The van der Waals surface area contributed by atoms with Gasteiger partial charge < -0.3 is 34.1 Å². The van der Waals surface area contributed by atoms with Gasteiger partial charge in [0, 0.05) is 25.7 Å². The Kier molecular flexibility index (Phi) is 5.71. The highest BCUT2D eigenvalue weighted by molar-refractivity contribution is 5.92. The number of hydrogen-bond donors (Lipinski definition) is 2. The minimum atomic E-state index is -1.59. The SMILES string of the molecule is COc1c(N2C[C@@H]3NCCO[C@@H]3C2)c(F)cc2c(=O)c(OC(=O)O)cn(C3CC3)c12.Cl. The maximum atomic E-state index is 15.3. The summed E-state index contributed by atoms with van der Waals surface area (Å²) in [5.74, 6) is -0.694. The zero-order chi connectivity index (χ0) is 21.0. The van der Waals surface area contributed by atoms with Crippen LogP contribution in [0.15, 0.2) is 17.1 Å². The molecule has 5 rings (SSSR count). The number of rotatable bonds is 4. The number of fused-ring (bicyclic) bond motifs is 2. The second-order valence-electron chi connectivity index (χ2n) is 7.84. The van der Waals surface area contributed by atoms with Gasteiger partial charge >= 0.3 is 6.16 Å². The van der Waals surface area contributed by atoms with Gasteiger partial charge in [-0.1, -0.05) is 0 Å². The predicted molar refractivity (Wildman–Crippen MR) is 113 cm³/mol. The molecule has 2 N–H and O–H groups in total. The van der Waals surface area contributed by atoms with Crippen molar-refractivity contribution < 1.29 is 28.5 Å². The number of carbonyl (C=O) groups is 1. The molecule has 2 aliphatic heterocycles. The molecule has 3 heterocycles. The summed E-state index contributed by atoms with van der Waals surface area (Å²) in [6, 6.07) is 1.32. The van der Waals surface area contributed by atoms with Crippen molar-refractivity contribution >= 4 is 35.2 Å². The van der Waals surface area contributed by atoms with E-state index in [2.05, 4.69) is 10.1 Å². The van der Waals surface area contributed by atoms with Crippen LogP contribution in [0.1, 0.15) is 18.9 Å². The number of anilines is 1. The summed E-state index contributed by atoms with van der Waals surface area (Å²) in [5.41, 5.74) is 0.0431. The summed E-state index contributed by atoms with van der Waals surface area (Å²) in [4.78, 5) is 25.7. The Morgan fingerprint density at radius 1 is 1.35 bits per heavy atom. The van der Waals surface area contributed by atoms with Gasteiger partial charge in [-0.2, -0.15) is 0 Å². The largest absolute Gasteiger partial charge is 0.511 e. The maximum absolute atomic E-state index is 15.3. The van der Waals surface area contributed by atoms with Gasteiger partial charge in [0.1, 0.15) is 5.69 Å². The molecule has 1 aromatic heterocycles. The van der Waals surface area contributed by atoms with Crippen molar-refractivity contribution in [2.24, 2.45) is 0 Å². The third kappa shape index (κ3) is 3.68. The van der Waals surface area contributed by atoms with E-state index < -0.39 is 17.4 Å². The summed E-state index contributed by atoms with van der Waals surface area (Å²) < 4.78 is 33.2. The molecular weight excluding hydrogens is 433 g/mol. The molecule has 0 spiro atoms. The highest BCUT2D eigenvalue weighted by Gasteiger charge is 2.39. The van der Waals surface area contributed by atoms with Crippen molar-refractivity contribution in [3.8, 4) is 11.5 Å². The van der Waals surface area contributed by atoms with E-state index in [-0.39, 0.29) is 53.2 Å². The van der Waals surface area contributed by atoms with Crippen molar-refractivity contribution in [2.45, 2.75) is 31.0 Å². The number of ether oxygens (including phenoxy) is 3. The number of hydrogen-bond acceptors (Lipinski definition) is 7. The Labute approximate surface area is 183 Å². The van der Waals surface area contributed by atoms with Crippen LogP contribution >= 0.6 is 12.4 Å². The number of methoxy groups -OCH3 is 1. The fourth-order valence-corrected chi connectivity index (χ4v) is 4.49. The van der Waals surface area contributed by atoms with Crippen LogP contribution in [0.4, 0.5) is 14.9 Å². The zero-order valence-electron chi connectivity index (χ0n) is 16.8. The summed E-state index contributed by atoms with van der Waals surface area (Å²) >= 11 is 0. The van der Waals surface area contributed by atoms with E-state index in [1.54, 1.807) is 4.57 Å². The first kappa shape index (κ1) is 21.7. The van der Waals surface area contributed by atoms with Crippen molar-refractivity contribution in [3.05, 3.63) is 28.3 Å². The van der Waals surface area contributed by atoms with Crippen LogP contribution in [0.25, 0.3) is 10.9 Å². The Bertz CT molecular complexity index is 1070. The molecule has 1 aliphatic carbocycles. The topological polar surface area (TPSA) is 102 Å². The molecule has 1 saturated carbocycles. The van der Waals surface area contributed by atoms with E-state index >= 15 is 4.39 Å². The van der Waals surface area contributed by atoms with Crippen molar-refractivity contribution in [1.82, 2.24) is 9.88 Å². The summed E-state index contributed by atoms with van der Waals surface area (Å²) in [5, 5.41) is 12.4. The molecule has 2 saturated heterocycles. The van der Waals surface area contributed by atoms with Gasteiger partial charge in [-0.05, 0) is 18.9 Å². The quantitative estimate of drug-likeness (QED) is 0.676. The minimum Gasteiger partial charge on any atom is -0.492 e. The van der Waals surface area contributed by atoms with E-state index in [0.29, 0.717) is 25.2 Å². The fraction of sp³-hybridized carbons (Fsp3) is 0.500. The molecule has 168 valence electrons. The first-order chi connectivity index (χ1) is 14.5. The molecule has 2 atom stereocenters. The molecule has 1 aromatic carbocycles. The van der Waals surface area contributed by atoms with E-state index in [9.17, 15) is 9.59 Å². The van der Waals surface area contributed by atoms with Gasteiger partial charge in [0.05, 0.1) is 43.0 Å². The van der Waals surface area contributed by atoms with Gasteiger partial charge in [0.2, 0.25) is 5.43 Å². The Hall–Kier alpha value is -2.56. The molecule has 9 nitrogen and oxygen atoms in total. The molecule has 0 unspecified atom stereocenters. The number of benzene rings is 1. The fourth-order valence-electron chi connectivity index (χ4n) is 4.49. The monoisotopic (exact) mass is 455 g/mol. The highest BCUT2D eigenvalue weighted by Crippen LogP contribution is 2.45. The number of halogens is 2. The molecule has 11 heteroatoms. The lowest BCUT2D eigenvalue weighted by molar-refractivity contribution is 0.0212. The maximum Gasteiger partial charge on any atom is 0.511 e. The number of nitrogens with zero attached hydrogens (tertiary/aromatic N) is 2. The number of pyridine rings is 1. The van der Waals surface area contributed by atoms with Gasteiger partial charge in [0.15, 0.2) is 17.3 Å². The molecular formula is C20H23ClFN3O6. The van der Waals surface area contributed by atoms with Crippen LogP contribution in [0, 0.1) is 5.82 Å². The van der Waals surface area contributed by atoms with Crippen LogP contribution in [-0.4, -0.2) is 61.3 Å². The lowest BCUT2D eigenvalue weighted by atomic mass is 10.1. The molecule has 3 aliphatic rings. The van der Waals surface area contributed by atoms with Crippen LogP contribution in [0.5, 0.6) is 11.5 Å². The molecule has 0 radical (unpaired) electrons. The third-order valence-corrected chi connectivity index (χ3v) is 5.93. The highest BCUT2D eigenvalue weighted by atomic mass is 35.5. The average Bonchev–Trinajstić information content (AvgIpc) is 3.47. The minimum absolute atomic E-state index is 0. The summed E-state index contributed by atoms with van der Waals surface area (Å²) in [6.45, 7) is 2.42. The number of morpholine rings is 1. The lowest BCUT2D eigenvalue weighted by Crippen LogP contribution is -2.47. The van der Waals surface area contributed by atoms with Crippen molar-refractivity contribution in [2.75, 3.05) is 38.3 Å². The predicted octanol–water partition coefficient (Wildman–Crippen LogP) is 2.14. The first-order valence-corrected chi connectivity index (χ1v) is 9.94. The Balaban J connectivity index is 0.00000231. The van der Waals surface area contributed by atoms with E-state index in [4.69, 9.17) is 14.6 Å². The van der Waals surface area contributed by atoms with Crippen LogP contribution in [0.3, 0.4) is 0 Å². The first-order valence-electron chi connectivity index (χ1n) is 9.94. The van der Waals surface area contributed by atoms with Gasteiger partial charge in [-0.15, -0.1) is 12.4 Å². The normalized spacial score (nSPS) is 22.7. The zero-order valence-corrected chi connectivity index (χ0v) is 17.6. The Morgan fingerprint density at radius 3 is 2.77 bits per heavy atom. The molecule has 2 aromatic rings. The molecule has 31 heavy (non-hydrogen) atoms. The standard InChI is InChI=1S/C20H22FN3O6.ClH/c1-28-19-16-11(18(25)15(30-20(26)27)9-24(16)10-2-3-10)6-12(21)17(19)23-7-13-14(8-23)29-5-4-22-13;/h6,9-10,13-14,22H,2-5,7-8H2,1H3,(H,26,27);1H/t13-,14+;/m0./s1. The number of nitrogens with one attached hydrogen (secondary N) is 1. The van der Waals surface area contributed by atoms with Crippen LogP contribution in [-0.2, 0) is 4.74 Å². The van der Waals surface area contributed by atoms with E-state index in [0.717, 1.165) is 25.5 Å². The summed E-state index contributed by atoms with van der Waals surface area (Å²) in [7, 11) is 1.44. The van der Waals surface area contributed by atoms with Gasteiger partial charge in [0.25, 0.3) is 0 Å². The number of aromatic nitrogens is 1. The second kappa shape index (κ2) is 8.18. The third-order valence-electron chi connectivity index (χ3n) is 5.93. The van der Waals surface area contributed by atoms with Crippen molar-refractivity contribution in [3.63, 3.8) is 0 Å². The van der Waals surface area contributed by atoms with E-state index in [1.165, 1.54) is 13.3 Å². The number of carboxylic acid groups (broad SMARTS) is 1. The Morgan fingerprint density at radius 2 is 2.13 bits per heavy atom. The smallest absolute Gasteiger partial charge is 0.492 e. The van der Waals surface area contributed by atoms with Crippen molar-refractivity contribution in [1.29, 1.82) is 0 Å². The lowest BCUT2D eigenvalue weighted by Gasteiger charge is -2.25. The molecule has 0 bridgehead atoms. The van der Waals surface area contributed by atoms with E-state index in [1.807, 2.05) is 4.90 Å². The molecule has 3 fully saturated rings. The molecule has 0 amide bonds. The van der Waals surface area contributed by atoms with Gasteiger partial charge in [-0.25, -0.2) is 9.18 Å². The van der Waals surface area contributed by atoms with Crippen LogP contribution < -0.4 is 25.1 Å². The second-order valence-corrected chi connectivity index (χ2v) is 7.84. The van der Waals surface area contributed by atoms with Gasteiger partial charge in [-0.3, -0.25) is 4.79 Å².